The Bertz CT molecular complexity index is 388. The molecule has 0 aromatic heterocycles. The molecule has 0 spiro atoms. The van der Waals surface area contributed by atoms with Crippen molar-refractivity contribution in [1.29, 1.82) is 0 Å². The lowest BCUT2D eigenvalue weighted by atomic mass is 9.62. The third-order valence-electron chi connectivity index (χ3n) is 4.50. The van der Waals surface area contributed by atoms with Crippen molar-refractivity contribution in [3.8, 4) is 0 Å². The molecule has 0 saturated heterocycles. The molecule has 2 rings (SSSR count). The van der Waals surface area contributed by atoms with Crippen molar-refractivity contribution in [3.63, 3.8) is 0 Å². The Hall–Kier alpha value is -0.870. The van der Waals surface area contributed by atoms with Crippen molar-refractivity contribution in [2.24, 2.45) is 5.92 Å². The van der Waals surface area contributed by atoms with Crippen LogP contribution in [0, 0.1) is 5.92 Å². The van der Waals surface area contributed by atoms with Gasteiger partial charge in [0, 0.05) is 18.4 Å². The standard InChI is InChI=1S/C15H24O4/c1-4-15(19-13(17)10(2)3)7-11-5-12(16)8-14(18,6-11)9-15/h11-12,16,18H,2,4-9H2,1,3H3/t11?,12?,14-,15?/m1/s1. The van der Waals surface area contributed by atoms with E-state index in [1.165, 1.54) is 0 Å². The fourth-order valence-corrected chi connectivity index (χ4v) is 3.81. The minimum absolute atomic E-state index is 0.223. The van der Waals surface area contributed by atoms with Crippen LogP contribution in [0.15, 0.2) is 12.2 Å². The Morgan fingerprint density at radius 1 is 1.42 bits per heavy atom. The molecule has 108 valence electrons. The van der Waals surface area contributed by atoms with Crippen LogP contribution in [0.5, 0.6) is 0 Å². The maximum absolute atomic E-state index is 11.8. The van der Waals surface area contributed by atoms with Crippen LogP contribution in [-0.2, 0) is 9.53 Å². The topological polar surface area (TPSA) is 66.8 Å². The molecule has 0 aromatic rings. The fourth-order valence-electron chi connectivity index (χ4n) is 3.81. The molecule has 4 atom stereocenters. The largest absolute Gasteiger partial charge is 0.456 e. The molecule has 2 N–H and O–H groups in total. The van der Waals surface area contributed by atoms with Gasteiger partial charge in [-0.2, -0.15) is 0 Å². The van der Waals surface area contributed by atoms with Gasteiger partial charge in [-0.25, -0.2) is 4.79 Å². The van der Waals surface area contributed by atoms with Gasteiger partial charge in [0.1, 0.15) is 5.60 Å². The van der Waals surface area contributed by atoms with Crippen molar-refractivity contribution in [2.45, 2.75) is 69.7 Å². The third-order valence-corrected chi connectivity index (χ3v) is 4.50. The normalized spacial score (nSPS) is 41.7. The first-order valence-electron chi connectivity index (χ1n) is 7.07. The second-order valence-electron chi connectivity index (χ2n) is 6.48. The lowest BCUT2D eigenvalue weighted by Crippen LogP contribution is -2.55. The molecule has 19 heavy (non-hydrogen) atoms. The highest BCUT2D eigenvalue weighted by atomic mass is 16.6. The molecular weight excluding hydrogens is 244 g/mol. The summed E-state index contributed by atoms with van der Waals surface area (Å²) in [5.41, 5.74) is -1.12. The van der Waals surface area contributed by atoms with E-state index in [1.54, 1.807) is 6.92 Å². The van der Waals surface area contributed by atoms with Crippen molar-refractivity contribution >= 4 is 5.97 Å². The van der Waals surface area contributed by atoms with Crippen LogP contribution in [0.1, 0.15) is 52.4 Å². The van der Waals surface area contributed by atoms with Gasteiger partial charge in [-0.3, -0.25) is 0 Å². The average molecular weight is 268 g/mol. The number of aliphatic hydroxyl groups is 2. The van der Waals surface area contributed by atoms with Crippen LogP contribution in [0.25, 0.3) is 0 Å². The van der Waals surface area contributed by atoms with E-state index in [1.807, 2.05) is 6.92 Å². The molecule has 3 unspecified atom stereocenters. The first kappa shape index (κ1) is 14.5. The van der Waals surface area contributed by atoms with Crippen molar-refractivity contribution < 1.29 is 19.7 Å². The zero-order valence-corrected chi connectivity index (χ0v) is 11.8. The van der Waals surface area contributed by atoms with Gasteiger partial charge in [-0.05, 0) is 38.5 Å². The van der Waals surface area contributed by atoms with Gasteiger partial charge < -0.3 is 14.9 Å². The van der Waals surface area contributed by atoms with Crippen LogP contribution in [0.3, 0.4) is 0 Å². The minimum Gasteiger partial charge on any atom is -0.456 e. The summed E-state index contributed by atoms with van der Waals surface area (Å²) >= 11 is 0. The molecule has 2 fully saturated rings. The predicted octanol–water partition coefficient (Wildman–Crippen LogP) is 1.94. The van der Waals surface area contributed by atoms with E-state index in [4.69, 9.17) is 4.74 Å². The second-order valence-corrected chi connectivity index (χ2v) is 6.48. The highest BCUT2D eigenvalue weighted by molar-refractivity contribution is 5.87. The number of esters is 1. The van der Waals surface area contributed by atoms with E-state index in [0.717, 1.165) is 6.42 Å². The van der Waals surface area contributed by atoms with Crippen LogP contribution < -0.4 is 0 Å². The zero-order valence-electron chi connectivity index (χ0n) is 11.8. The molecule has 0 radical (unpaired) electrons. The number of ether oxygens (including phenoxy) is 1. The highest BCUT2D eigenvalue weighted by Crippen LogP contribution is 2.49. The molecule has 0 heterocycles. The molecule has 2 bridgehead atoms. The van der Waals surface area contributed by atoms with Crippen LogP contribution in [0.2, 0.25) is 0 Å². The summed E-state index contributed by atoms with van der Waals surface area (Å²) in [5.74, 6) is -0.161. The lowest BCUT2D eigenvalue weighted by Gasteiger charge is -2.51. The molecule has 2 aliphatic rings. The number of fused-ring (bicyclic) bond motifs is 2. The van der Waals surface area contributed by atoms with Gasteiger partial charge in [-0.1, -0.05) is 13.5 Å². The summed E-state index contributed by atoms with van der Waals surface area (Å²) in [6.07, 6.45) is 3.17. The van der Waals surface area contributed by atoms with E-state index in [-0.39, 0.29) is 11.9 Å². The highest BCUT2D eigenvalue weighted by Gasteiger charge is 2.52. The van der Waals surface area contributed by atoms with Gasteiger partial charge in [-0.15, -0.1) is 0 Å². The fraction of sp³-hybridized carbons (Fsp3) is 0.800. The summed E-state index contributed by atoms with van der Waals surface area (Å²) in [7, 11) is 0. The molecule has 0 amide bonds. The maximum atomic E-state index is 11.8. The van der Waals surface area contributed by atoms with Crippen molar-refractivity contribution in [1.82, 2.24) is 0 Å². The molecule has 4 nitrogen and oxygen atoms in total. The van der Waals surface area contributed by atoms with Gasteiger partial charge in [0.2, 0.25) is 0 Å². The average Bonchev–Trinajstić information content (AvgIpc) is 2.25. The summed E-state index contributed by atoms with van der Waals surface area (Å²) in [6.45, 7) is 7.22. The number of hydrogen-bond donors (Lipinski definition) is 2. The SMILES string of the molecule is C=C(C)C(=O)OC1(CC)CC2CC(O)C[C@](O)(C2)C1. The summed E-state index contributed by atoms with van der Waals surface area (Å²) < 4.78 is 5.65. The van der Waals surface area contributed by atoms with Crippen LogP contribution >= 0.6 is 0 Å². The Kier molecular flexibility index (Phi) is 3.76. The first-order valence-corrected chi connectivity index (χ1v) is 7.07. The Labute approximate surface area is 114 Å². The zero-order chi connectivity index (χ0) is 14.3. The molecule has 0 aromatic carbocycles. The third kappa shape index (κ3) is 3.00. The Balaban J connectivity index is 2.18. The van der Waals surface area contributed by atoms with E-state index in [2.05, 4.69) is 6.58 Å². The number of carbonyl (C=O) groups is 1. The second kappa shape index (κ2) is 4.91. The molecule has 0 aliphatic heterocycles. The number of rotatable bonds is 3. The van der Waals surface area contributed by atoms with Gasteiger partial charge in [0.15, 0.2) is 0 Å². The first-order chi connectivity index (χ1) is 8.77. The smallest absolute Gasteiger partial charge is 0.333 e. The number of aliphatic hydroxyl groups excluding tert-OH is 1. The number of carbonyl (C=O) groups excluding carboxylic acids is 1. The lowest BCUT2D eigenvalue weighted by molar-refractivity contribution is -0.190. The summed E-state index contributed by atoms with van der Waals surface area (Å²) in [5, 5.41) is 20.4. The maximum Gasteiger partial charge on any atom is 0.333 e. The summed E-state index contributed by atoms with van der Waals surface area (Å²) in [6, 6.07) is 0. The predicted molar refractivity (Wildman–Crippen MR) is 71.5 cm³/mol. The minimum atomic E-state index is -0.897. The van der Waals surface area contributed by atoms with E-state index in [9.17, 15) is 15.0 Å². The van der Waals surface area contributed by atoms with E-state index >= 15 is 0 Å². The Morgan fingerprint density at radius 2 is 2.11 bits per heavy atom. The molecule has 4 heteroatoms. The van der Waals surface area contributed by atoms with Crippen molar-refractivity contribution in [3.05, 3.63) is 12.2 Å². The van der Waals surface area contributed by atoms with Gasteiger partial charge >= 0.3 is 5.97 Å². The summed E-state index contributed by atoms with van der Waals surface area (Å²) in [4.78, 5) is 11.8. The van der Waals surface area contributed by atoms with Crippen LogP contribution in [0.4, 0.5) is 0 Å². The van der Waals surface area contributed by atoms with Crippen LogP contribution in [-0.4, -0.2) is 33.5 Å². The van der Waals surface area contributed by atoms with Gasteiger partial charge in [0.25, 0.3) is 0 Å². The van der Waals surface area contributed by atoms with E-state index < -0.39 is 17.3 Å². The monoisotopic (exact) mass is 268 g/mol. The molecular formula is C15H24O4. The molecule has 2 saturated carbocycles. The van der Waals surface area contributed by atoms with E-state index in [0.29, 0.717) is 37.7 Å². The van der Waals surface area contributed by atoms with Crippen molar-refractivity contribution in [2.75, 3.05) is 0 Å². The van der Waals surface area contributed by atoms with Gasteiger partial charge in [0.05, 0.1) is 11.7 Å². The molecule has 2 aliphatic carbocycles. The quantitative estimate of drug-likeness (QED) is 0.606. The Morgan fingerprint density at radius 3 is 2.63 bits per heavy atom. The number of hydrogen-bond acceptors (Lipinski definition) is 4.